The van der Waals surface area contributed by atoms with E-state index in [1.165, 1.54) is 42.4 Å². The summed E-state index contributed by atoms with van der Waals surface area (Å²) in [6.07, 6.45) is 5.10. The fourth-order valence-electron chi connectivity index (χ4n) is 2.74. The molecule has 0 radical (unpaired) electrons. The van der Waals surface area contributed by atoms with Gasteiger partial charge >= 0.3 is 0 Å². The van der Waals surface area contributed by atoms with E-state index in [0.29, 0.717) is 6.04 Å². The van der Waals surface area contributed by atoms with Crippen LogP contribution in [0, 0.1) is 13.8 Å². The average molecular weight is 263 g/mol. The third-order valence-electron chi connectivity index (χ3n) is 3.64. The molecule has 2 heteroatoms. The lowest BCUT2D eigenvalue weighted by Gasteiger charge is -2.21. The molecule has 0 aliphatic heterocycles. The fraction of sp³-hybridized carbons (Fsp3) is 0.647. The van der Waals surface area contributed by atoms with Crippen molar-refractivity contribution in [3.8, 4) is 5.75 Å². The maximum atomic E-state index is 5.45. The summed E-state index contributed by atoms with van der Waals surface area (Å²) in [6, 6.07) is 5.01. The molecular weight excluding hydrogens is 234 g/mol. The zero-order chi connectivity index (χ0) is 14.3. The highest BCUT2D eigenvalue weighted by Gasteiger charge is 2.13. The number of ether oxygens (including phenoxy) is 1. The SMILES string of the molecule is CCCCCC(NCC)c1cc(C)c(OC)c(C)c1. The van der Waals surface area contributed by atoms with Gasteiger partial charge in [-0.05, 0) is 43.5 Å². The van der Waals surface area contributed by atoms with Gasteiger partial charge in [0.2, 0.25) is 0 Å². The first-order valence-corrected chi connectivity index (χ1v) is 7.52. The van der Waals surface area contributed by atoms with Gasteiger partial charge in [0.1, 0.15) is 5.75 Å². The smallest absolute Gasteiger partial charge is 0.124 e. The first kappa shape index (κ1) is 16.0. The Morgan fingerprint density at radius 3 is 2.21 bits per heavy atom. The van der Waals surface area contributed by atoms with Crippen LogP contribution in [0.2, 0.25) is 0 Å². The predicted octanol–water partition coefficient (Wildman–Crippen LogP) is 4.54. The summed E-state index contributed by atoms with van der Waals surface area (Å²) < 4.78 is 5.45. The van der Waals surface area contributed by atoms with Crippen LogP contribution < -0.4 is 10.1 Å². The molecule has 2 nitrogen and oxygen atoms in total. The maximum absolute atomic E-state index is 5.45. The molecule has 1 unspecified atom stereocenters. The number of nitrogens with one attached hydrogen (secondary N) is 1. The second-order valence-electron chi connectivity index (χ2n) is 5.29. The van der Waals surface area contributed by atoms with Crippen molar-refractivity contribution >= 4 is 0 Å². The summed E-state index contributed by atoms with van der Waals surface area (Å²) in [5.41, 5.74) is 3.86. The molecule has 0 saturated heterocycles. The molecule has 0 saturated carbocycles. The van der Waals surface area contributed by atoms with Crippen LogP contribution in [0.15, 0.2) is 12.1 Å². The van der Waals surface area contributed by atoms with Gasteiger partial charge in [0.15, 0.2) is 0 Å². The van der Waals surface area contributed by atoms with Crippen LogP contribution in [-0.2, 0) is 0 Å². The molecule has 1 aromatic rings. The zero-order valence-electron chi connectivity index (χ0n) is 13.2. The summed E-state index contributed by atoms with van der Waals surface area (Å²) in [5.74, 6) is 1.02. The summed E-state index contributed by atoms with van der Waals surface area (Å²) in [5, 5.41) is 3.61. The van der Waals surface area contributed by atoms with Crippen molar-refractivity contribution in [3.63, 3.8) is 0 Å². The van der Waals surface area contributed by atoms with Crippen molar-refractivity contribution < 1.29 is 4.74 Å². The quantitative estimate of drug-likeness (QED) is 0.695. The van der Waals surface area contributed by atoms with Gasteiger partial charge in [-0.3, -0.25) is 0 Å². The number of hydrogen-bond acceptors (Lipinski definition) is 2. The van der Waals surface area contributed by atoms with E-state index >= 15 is 0 Å². The van der Waals surface area contributed by atoms with Gasteiger partial charge < -0.3 is 10.1 Å². The van der Waals surface area contributed by atoms with Crippen LogP contribution in [0.1, 0.15) is 62.3 Å². The maximum Gasteiger partial charge on any atom is 0.124 e. The van der Waals surface area contributed by atoms with Crippen LogP contribution in [0.4, 0.5) is 0 Å². The lowest BCUT2D eigenvalue weighted by molar-refractivity contribution is 0.407. The van der Waals surface area contributed by atoms with E-state index < -0.39 is 0 Å². The van der Waals surface area contributed by atoms with Crippen LogP contribution in [0.25, 0.3) is 0 Å². The number of benzene rings is 1. The first-order valence-electron chi connectivity index (χ1n) is 7.52. The Kier molecular flexibility index (Phi) is 6.93. The lowest BCUT2D eigenvalue weighted by Crippen LogP contribution is -2.21. The molecule has 0 fully saturated rings. The lowest BCUT2D eigenvalue weighted by atomic mass is 9.96. The van der Waals surface area contributed by atoms with Gasteiger partial charge in [0.05, 0.1) is 7.11 Å². The highest BCUT2D eigenvalue weighted by atomic mass is 16.5. The Morgan fingerprint density at radius 2 is 1.74 bits per heavy atom. The Hall–Kier alpha value is -1.02. The van der Waals surface area contributed by atoms with E-state index in [1.54, 1.807) is 7.11 Å². The van der Waals surface area contributed by atoms with E-state index in [4.69, 9.17) is 4.74 Å². The van der Waals surface area contributed by atoms with Crippen molar-refractivity contribution in [2.24, 2.45) is 0 Å². The van der Waals surface area contributed by atoms with E-state index in [-0.39, 0.29) is 0 Å². The minimum absolute atomic E-state index is 0.472. The molecule has 0 aromatic heterocycles. The largest absolute Gasteiger partial charge is 0.496 e. The highest BCUT2D eigenvalue weighted by Crippen LogP contribution is 2.29. The number of methoxy groups -OCH3 is 1. The van der Waals surface area contributed by atoms with Crippen molar-refractivity contribution in [2.45, 2.75) is 59.4 Å². The number of rotatable bonds is 8. The second-order valence-corrected chi connectivity index (χ2v) is 5.29. The van der Waals surface area contributed by atoms with Gasteiger partial charge in [-0.15, -0.1) is 0 Å². The molecule has 0 spiro atoms. The van der Waals surface area contributed by atoms with Crippen LogP contribution >= 0.6 is 0 Å². The molecule has 1 N–H and O–H groups in total. The topological polar surface area (TPSA) is 21.3 Å². The summed E-state index contributed by atoms with van der Waals surface area (Å²) in [7, 11) is 1.75. The minimum atomic E-state index is 0.472. The monoisotopic (exact) mass is 263 g/mol. The Labute approximate surface area is 118 Å². The third kappa shape index (κ3) is 4.54. The van der Waals surface area contributed by atoms with E-state index in [2.05, 4.69) is 45.1 Å². The molecular formula is C17H29NO. The van der Waals surface area contributed by atoms with Crippen molar-refractivity contribution in [1.29, 1.82) is 0 Å². The second kappa shape index (κ2) is 8.21. The van der Waals surface area contributed by atoms with E-state index in [1.807, 2.05) is 0 Å². The molecule has 0 aliphatic rings. The molecule has 0 bridgehead atoms. The molecule has 0 amide bonds. The predicted molar refractivity (Wildman–Crippen MR) is 83.0 cm³/mol. The molecule has 19 heavy (non-hydrogen) atoms. The van der Waals surface area contributed by atoms with Crippen LogP contribution in [-0.4, -0.2) is 13.7 Å². The fourth-order valence-corrected chi connectivity index (χ4v) is 2.74. The Balaban J connectivity index is 2.89. The number of hydrogen-bond donors (Lipinski definition) is 1. The van der Waals surface area contributed by atoms with Crippen molar-refractivity contribution in [1.82, 2.24) is 5.32 Å². The molecule has 1 aromatic carbocycles. The van der Waals surface area contributed by atoms with Crippen LogP contribution in [0.3, 0.4) is 0 Å². The Bertz CT molecular complexity index is 364. The van der Waals surface area contributed by atoms with E-state index in [9.17, 15) is 0 Å². The zero-order valence-corrected chi connectivity index (χ0v) is 13.2. The minimum Gasteiger partial charge on any atom is -0.496 e. The number of unbranched alkanes of at least 4 members (excludes halogenated alkanes) is 2. The summed E-state index contributed by atoms with van der Waals surface area (Å²) in [4.78, 5) is 0. The number of aryl methyl sites for hydroxylation is 2. The Morgan fingerprint density at radius 1 is 1.11 bits per heavy atom. The molecule has 1 rings (SSSR count). The summed E-state index contributed by atoms with van der Waals surface area (Å²) >= 11 is 0. The van der Waals surface area contributed by atoms with Gasteiger partial charge in [-0.25, -0.2) is 0 Å². The normalized spacial score (nSPS) is 12.5. The molecule has 0 heterocycles. The van der Waals surface area contributed by atoms with E-state index in [0.717, 1.165) is 12.3 Å². The summed E-state index contributed by atoms with van der Waals surface area (Å²) in [6.45, 7) is 9.70. The highest BCUT2D eigenvalue weighted by molar-refractivity contribution is 5.44. The molecule has 1 atom stereocenters. The molecule has 108 valence electrons. The van der Waals surface area contributed by atoms with Gasteiger partial charge in [0, 0.05) is 6.04 Å². The first-order chi connectivity index (χ1) is 9.13. The average Bonchev–Trinajstić information content (AvgIpc) is 2.37. The van der Waals surface area contributed by atoms with Gasteiger partial charge in [-0.1, -0.05) is 45.2 Å². The third-order valence-corrected chi connectivity index (χ3v) is 3.64. The van der Waals surface area contributed by atoms with Crippen molar-refractivity contribution in [2.75, 3.05) is 13.7 Å². The van der Waals surface area contributed by atoms with Gasteiger partial charge in [-0.2, -0.15) is 0 Å². The van der Waals surface area contributed by atoms with Crippen LogP contribution in [0.5, 0.6) is 5.75 Å². The van der Waals surface area contributed by atoms with Crippen molar-refractivity contribution in [3.05, 3.63) is 28.8 Å². The standard InChI is InChI=1S/C17H29NO/c1-6-8-9-10-16(18-7-2)15-11-13(3)17(19-5)14(4)12-15/h11-12,16,18H,6-10H2,1-5H3. The molecule has 0 aliphatic carbocycles. The van der Waals surface area contributed by atoms with Gasteiger partial charge in [0.25, 0.3) is 0 Å².